The van der Waals surface area contributed by atoms with Crippen molar-refractivity contribution < 1.29 is 14.3 Å². The second kappa shape index (κ2) is 6.60. The maximum absolute atomic E-state index is 12.5. The summed E-state index contributed by atoms with van der Waals surface area (Å²) in [6, 6.07) is 5.65. The van der Waals surface area contributed by atoms with Crippen LogP contribution in [0.5, 0.6) is 5.75 Å². The molecule has 1 N–H and O–H groups in total. The zero-order valence-electron chi connectivity index (χ0n) is 14.6. The van der Waals surface area contributed by atoms with E-state index < -0.39 is 5.54 Å². The van der Waals surface area contributed by atoms with Crippen molar-refractivity contribution in [2.24, 2.45) is 5.92 Å². The van der Waals surface area contributed by atoms with Crippen molar-refractivity contribution in [1.29, 1.82) is 0 Å². The Kier molecular flexibility index (Phi) is 4.97. The molecule has 1 aliphatic heterocycles. The Hall–Kier alpha value is -2.04. The smallest absolute Gasteiger partial charge is 0.325 e. The number of benzene rings is 1. The van der Waals surface area contributed by atoms with Crippen LogP contribution in [0.1, 0.15) is 38.3 Å². The van der Waals surface area contributed by atoms with Gasteiger partial charge in [-0.2, -0.15) is 0 Å². The molecule has 23 heavy (non-hydrogen) atoms. The summed E-state index contributed by atoms with van der Waals surface area (Å²) < 4.78 is 5.75. The fourth-order valence-corrected chi connectivity index (χ4v) is 3.01. The molecule has 0 bridgehead atoms. The van der Waals surface area contributed by atoms with Crippen molar-refractivity contribution >= 4 is 11.9 Å². The number of hydrogen-bond acceptors (Lipinski definition) is 3. The van der Waals surface area contributed by atoms with E-state index in [1.165, 1.54) is 4.90 Å². The van der Waals surface area contributed by atoms with Crippen LogP contribution in [0.25, 0.3) is 0 Å². The summed E-state index contributed by atoms with van der Waals surface area (Å²) in [5.74, 6) is 0.957. The quantitative estimate of drug-likeness (QED) is 0.820. The van der Waals surface area contributed by atoms with Crippen molar-refractivity contribution in [3.05, 3.63) is 29.3 Å². The summed E-state index contributed by atoms with van der Waals surface area (Å²) in [5.41, 5.74) is 1.35. The van der Waals surface area contributed by atoms with Crippen LogP contribution in [-0.2, 0) is 4.79 Å². The number of amides is 3. The average molecular weight is 318 g/mol. The lowest BCUT2D eigenvalue weighted by Crippen LogP contribution is -2.45. The number of carbonyl (C=O) groups excluding carboxylic acids is 2. The van der Waals surface area contributed by atoms with Gasteiger partial charge in [-0.05, 0) is 50.3 Å². The first-order valence-electron chi connectivity index (χ1n) is 8.07. The third-order valence-electron chi connectivity index (χ3n) is 4.08. The van der Waals surface area contributed by atoms with E-state index >= 15 is 0 Å². The first-order chi connectivity index (χ1) is 10.7. The van der Waals surface area contributed by atoms with Crippen LogP contribution in [0, 0.1) is 19.8 Å². The van der Waals surface area contributed by atoms with E-state index in [0.29, 0.717) is 18.9 Å². The Morgan fingerprint density at radius 2 is 1.96 bits per heavy atom. The predicted molar refractivity (Wildman–Crippen MR) is 89.5 cm³/mol. The molecule has 1 atom stereocenters. The van der Waals surface area contributed by atoms with Gasteiger partial charge in [-0.3, -0.25) is 9.69 Å². The lowest BCUT2D eigenvalue weighted by atomic mass is 9.91. The minimum atomic E-state index is -0.801. The van der Waals surface area contributed by atoms with Crippen molar-refractivity contribution in [2.75, 3.05) is 13.2 Å². The van der Waals surface area contributed by atoms with Crippen molar-refractivity contribution in [1.82, 2.24) is 10.2 Å². The molecule has 0 aliphatic carbocycles. The van der Waals surface area contributed by atoms with E-state index in [9.17, 15) is 9.59 Å². The molecular formula is C18H26N2O3. The molecule has 1 unspecified atom stereocenters. The largest absolute Gasteiger partial charge is 0.491 e. The van der Waals surface area contributed by atoms with Gasteiger partial charge >= 0.3 is 6.03 Å². The Labute approximate surface area is 138 Å². The second-order valence-corrected chi connectivity index (χ2v) is 6.93. The van der Waals surface area contributed by atoms with Crippen LogP contribution in [0.4, 0.5) is 4.79 Å². The summed E-state index contributed by atoms with van der Waals surface area (Å²) in [5, 5.41) is 2.81. The number of imide groups is 1. The van der Waals surface area contributed by atoms with Gasteiger partial charge in [0.25, 0.3) is 5.91 Å². The first-order valence-corrected chi connectivity index (χ1v) is 8.07. The van der Waals surface area contributed by atoms with E-state index in [-0.39, 0.29) is 18.5 Å². The van der Waals surface area contributed by atoms with Gasteiger partial charge < -0.3 is 10.1 Å². The van der Waals surface area contributed by atoms with E-state index in [2.05, 4.69) is 5.32 Å². The van der Waals surface area contributed by atoms with Gasteiger partial charge in [0.15, 0.2) is 0 Å². The number of nitrogens with one attached hydrogen (secondary N) is 1. The Morgan fingerprint density at radius 3 is 2.61 bits per heavy atom. The number of urea groups is 1. The van der Waals surface area contributed by atoms with Gasteiger partial charge in [0.2, 0.25) is 0 Å². The molecule has 3 amide bonds. The van der Waals surface area contributed by atoms with Crippen LogP contribution in [0.2, 0.25) is 0 Å². The van der Waals surface area contributed by atoms with Crippen LogP contribution in [-0.4, -0.2) is 35.5 Å². The molecular weight excluding hydrogens is 292 g/mol. The molecule has 1 aliphatic rings. The lowest BCUT2D eigenvalue weighted by Gasteiger charge is -2.23. The zero-order valence-corrected chi connectivity index (χ0v) is 14.6. The molecule has 5 nitrogen and oxygen atoms in total. The summed E-state index contributed by atoms with van der Waals surface area (Å²) in [4.78, 5) is 25.9. The number of rotatable bonds is 6. The fraction of sp³-hybridized carbons (Fsp3) is 0.556. The summed E-state index contributed by atoms with van der Waals surface area (Å²) >= 11 is 0. The zero-order chi connectivity index (χ0) is 17.2. The first kappa shape index (κ1) is 17.3. The molecule has 2 rings (SSSR count). The predicted octanol–water partition coefficient (Wildman–Crippen LogP) is 3.04. The van der Waals surface area contributed by atoms with E-state index in [0.717, 1.165) is 16.9 Å². The standard InChI is InChI=1S/C18H26N2O3/c1-12(2)11-18(5)16(21)20(17(22)19-18)8-9-23-15-10-13(3)6-7-14(15)4/h6-7,10,12H,8-9,11H2,1-5H3,(H,19,22). The highest BCUT2D eigenvalue weighted by molar-refractivity contribution is 6.06. The minimum Gasteiger partial charge on any atom is -0.491 e. The maximum Gasteiger partial charge on any atom is 0.325 e. The highest BCUT2D eigenvalue weighted by Gasteiger charge is 2.47. The SMILES string of the molecule is Cc1ccc(C)c(OCCN2C(=O)NC(C)(CC(C)C)C2=O)c1. The Morgan fingerprint density at radius 1 is 1.26 bits per heavy atom. The van der Waals surface area contributed by atoms with E-state index in [4.69, 9.17) is 4.74 Å². The molecule has 5 heteroatoms. The summed E-state index contributed by atoms with van der Waals surface area (Å²) in [7, 11) is 0. The van der Waals surface area contributed by atoms with Crippen LogP contribution in [0.15, 0.2) is 18.2 Å². The molecule has 1 aromatic carbocycles. The normalized spacial score (nSPS) is 21.0. The van der Waals surface area contributed by atoms with Gasteiger partial charge in [-0.15, -0.1) is 0 Å². The van der Waals surface area contributed by atoms with Crippen molar-refractivity contribution in [3.8, 4) is 5.75 Å². The van der Waals surface area contributed by atoms with Crippen molar-refractivity contribution in [2.45, 2.75) is 46.6 Å². The van der Waals surface area contributed by atoms with E-state index in [1.54, 1.807) is 6.92 Å². The van der Waals surface area contributed by atoms with Gasteiger partial charge in [-0.1, -0.05) is 26.0 Å². The Bertz CT molecular complexity index is 612. The van der Waals surface area contributed by atoms with Crippen LogP contribution >= 0.6 is 0 Å². The molecule has 0 radical (unpaired) electrons. The van der Waals surface area contributed by atoms with Crippen molar-refractivity contribution in [3.63, 3.8) is 0 Å². The number of nitrogens with zero attached hydrogens (tertiary/aromatic N) is 1. The van der Waals surface area contributed by atoms with Gasteiger partial charge in [0, 0.05) is 0 Å². The molecule has 1 heterocycles. The molecule has 1 saturated heterocycles. The molecule has 1 fully saturated rings. The third-order valence-corrected chi connectivity index (χ3v) is 4.08. The third kappa shape index (κ3) is 3.84. The molecule has 0 aromatic heterocycles. The van der Waals surface area contributed by atoms with Crippen LogP contribution < -0.4 is 10.1 Å². The highest BCUT2D eigenvalue weighted by Crippen LogP contribution is 2.25. The summed E-state index contributed by atoms with van der Waals surface area (Å²) in [6.45, 7) is 10.4. The number of carbonyl (C=O) groups is 2. The highest BCUT2D eigenvalue weighted by atomic mass is 16.5. The molecule has 0 spiro atoms. The molecule has 126 valence electrons. The fourth-order valence-electron chi connectivity index (χ4n) is 3.01. The maximum atomic E-state index is 12.5. The monoisotopic (exact) mass is 318 g/mol. The van der Waals surface area contributed by atoms with Gasteiger partial charge in [0.05, 0.1) is 6.54 Å². The molecule has 0 saturated carbocycles. The Balaban J connectivity index is 1.97. The number of ether oxygens (including phenoxy) is 1. The molecule has 1 aromatic rings. The minimum absolute atomic E-state index is 0.166. The van der Waals surface area contributed by atoms with Gasteiger partial charge in [0.1, 0.15) is 17.9 Å². The van der Waals surface area contributed by atoms with Crippen LogP contribution in [0.3, 0.4) is 0 Å². The van der Waals surface area contributed by atoms with Gasteiger partial charge in [-0.25, -0.2) is 4.79 Å². The lowest BCUT2D eigenvalue weighted by molar-refractivity contribution is -0.131. The number of aryl methyl sites for hydroxylation is 2. The second-order valence-electron chi connectivity index (χ2n) is 6.93. The number of hydrogen-bond donors (Lipinski definition) is 1. The topological polar surface area (TPSA) is 58.6 Å². The van der Waals surface area contributed by atoms with E-state index in [1.807, 2.05) is 45.9 Å². The average Bonchev–Trinajstić information content (AvgIpc) is 2.64. The summed E-state index contributed by atoms with van der Waals surface area (Å²) in [6.07, 6.45) is 0.631.